The number of hydrogen-bond acceptors (Lipinski definition) is 4. The fourth-order valence-electron chi connectivity index (χ4n) is 3.23. The van der Waals surface area contributed by atoms with Crippen molar-refractivity contribution in [3.05, 3.63) is 78.6 Å². The number of hydrogen-bond donors (Lipinski definition) is 1. The first-order valence-electron chi connectivity index (χ1n) is 8.65. The standard InChI is InChI=1S/C20H20N4O2/c25-20(16-1-3-18(4-2-16)24-10-9-22-14-24)23-19-13-26-12-17(19)11-15-5-7-21-8-6-15/h1-10,14,17,19H,11-13H2,(H,23,25). The van der Waals surface area contributed by atoms with Gasteiger partial charge in [0.2, 0.25) is 0 Å². The largest absolute Gasteiger partial charge is 0.379 e. The van der Waals surface area contributed by atoms with Crippen LogP contribution in [0.2, 0.25) is 0 Å². The van der Waals surface area contributed by atoms with Crippen molar-refractivity contribution in [2.75, 3.05) is 13.2 Å². The van der Waals surface area contributed by atoms with Crippen LogP contribution in [0.5, 0.6) is 0 Å². The Balaban J connectivity index is 1.40. The van der Waals surface area contributed by atoms with Gasteiger partial charge in [-0.25, -0.2) is 4.98 Å². The molecule has 6 heteroatoms. The number of imidazole rings is 1. The van der Waals surface area contributed by atoms with E-state index >= 15 is 0 Å². The lowest BCUT2D eigenvalue weighted by atomic mass is 9.95. The minimum Gasteiger partial charge on any atom is -0.379 e. The summed E-state index contributed by atoms with van der Waals surface area (Å²) in [6.45, 7) is 1.21. The minimum absolute atomic E-state index is 0.0176. The molecule has 1 amide bonds. The number of rotatable bonds is 5. The molecule has 0 radical (unpaired) electrons. The van der Waals surface area contributed by atoms with Gasteiger partial charge in [-0.15, -0.1) is 0 Å². The number of aromatic nitrogens is 3. The van der Waals surface area contributed by atoms with E-state index in [0.717, 1.165) is 12.1 Å². The lowest BCUT2D eigenvalue weighted by Crippen LogP contribution is -2.40. The number of carbonyl (C=O) groups is 1. The molecule has 6 nitrogen and oxygen atoms in total. The first kappa shape index (κ1) is 16.5. The zero-order valence-electron chi connectivity index (χ0n) is 14.3. The number of nitrogens with one attached hydrogen (secondary N) is 1. The fraction of sp³-hybridized carbons (Fsp3) is 0.250. The quantitative estimate of drug-likeness (QED) is 0.768. The molecule has 1 N–H and O–H groups in total. The molecule has 1 aliphatic heterocycles. The van der Waals surface area contributed by atoms with E-state index in [1.807, 2.05) is 47.2 Å². The summed E-state index contributed by atoms with van der Waals surface area (Å²) < 4.78 is 7.51. The lowest BCUT2D eigenvalue weighted by molar-refractivity contribution is 0.0925. The van der Waals surface area contributed by atoms with Crippen molar-refractivity contribution in [3.63, 3.8) is 0 Å². The van der Waals surface area contributed by atoms with Gasteiger partial charge < -0.3 is 14.6 Å². The van der Waals surface area contributed by atoms with Crippen LogP contribution in [0.15, 0.2) is 67.5 Å². The monoisotopic (exact) mass is 348 g/mol. The Hall–Kier alpha value is -2.99. The van der Waals surface area contributed by atoms with Crippen molar-refractivity contribution >= 4 is 5.91 Å². The van der Waals surface area contributed by atoms with E-state index in [1.165, 1.54) is 5.56 Å². The molecular weight excluding hydrogens is 328 g/mol. The number of nitrogens with zero attached hydrogens (tertiary/aromatic N) is 3. The molecule has 1 aliphatic rings. The van der Waals surface area contributed by atoms with Crippen molar-refractivity contribution in [1.82, 2.24) is 19.9 Å². The smallest absolute Gasteiger partial charge is 0.251 e. The predicted octanol–water partition coefficient (Wildman–Crippen LogP) is 2.25. The van der Waals surface area contributed by atoms with Gasteiger partial charge in [-0.2, -0.15) is 0 Å². The van der Waals surface area contributed by atoms with Gasteiger partial charge in [-0.1, -0.05) is 0 Å². The summed E-state index contributed by atoms with van der Waals surface area (Å²) in [7, 11) is 0. The predicted molar refractivity (Wildman–Crippen MR) is 97.1 cm³/mol. The van der Waals surface area contributed by atoms with E-state index < -0.39 is 0 Å². The molecule has 1 fully saturated rings. The van der Waals surface area contributed by atoms with Crippen molar-refractivity contribution < 1.29 is 9.53 Å². The summed E-state index contributed by atoms with van der Waals surface area (Å²) in [6, 6.07) is 11.5. The lowest BCUT2D eigenvalue weighted by Gasteiger charge is -2.19. The highest BCUT2D eigenvalue weighted by Gasteiger charge is 2.29. The van der Waals surface area contributed by atoms with Crippen LogP contribution in [0, 0.1) is 5.92 Å². The van der Waals surface area contributed by atoms with Crippen LogP contribution in [0.4, 0.5) is 0 Å². The second kappa shape index (κ2) is 7.49. The Bertz CT molecular complexity index is 847. The molecule has 1 saturated heterocycles. The molecule has 2 atom stereocenters. The molecule has 0 bridgehead atoms. The molecule has 4 rings (SSSR count). The van der Waals surface area contributed by atoms with Gasteiger partial charge in [0.1, 0.15) is 0 Å². The molecule has 2 unspecified atom stereocenters. The Kier molecular flexibility index (Phi) is 4.75. The summed E-state index contributed by atoms with van der Waals surface area (Å²) >= 11 is 0. The fourth-order valence-corrected chi connectivity index (χ4v) is 3.23. The Labute approximate surface area is 151 Å². The minimum atomic E-state index is -0.0718. The number of pyridine rings is 1. The van der Waals surface area contributed by atoms with Crippen LogP contribution in [0.25, 0.3) is 5.69 Å². The molecule has 3 heterocycles. The third-order valence-corrected chi connectivity index (χ3v) is 4.69. The highest BCUT2D eigenvalue weighted by molar-refractivity contribution is 5.94. The maximum Gasteiger partial charge on any atom is 0.251 e. The SMILES string of the molecule is O=C(NC1COCC1Cc1ccncc1)c1ccc(-n2ccnc2)cc1. The van der Waals surface area contributed by atoms with Gasteiger partial charge in [0.05, 0.1) is 25.6 Å². The zero-order valence-corrected chi connectivity index (χ0v) is 14.3. The van der Waals surface area contributed by atoms with E-state index in [2.05, 4.69) is 15.3 Å². The second-order valence-electron chi connectivity index (χ2n) is 6.45. The topological polar surface area (TPSA) is 69.0 Å². The number of carbonyl (C=O) groups excluding carboxylic acids is 1. The maximum atomic E-state index is 12.6. The summed E-state index contributed by atoms with van der Waals surface area (Å²) in [6.07, 6.45) is 9.78. The number of ether oxygens (including phenoxy) is 1. The van der Waals surface area contributed by atoms with E-state index in [9.17, 15) is 4.79 Å². The van der Waals surface area contributed by atoms with Crippen molar-refractivity contribution in [1.29, 1.82) is 0 Å². The van der Waals surface area contributed by atoms with Crippen molar-refractivity contribution in [2.24, 2.45) is 5.92 Å². The number of amides is 1. The van der Waals surface area contributed by atoms with Crippen LogP contribution in [0.3, 0.4) is 0 Å². The first-order chi connectivity index (χ1) is 12.8. The van der Waals surface area contributed by atoms with E-state index in [-0.39, 0.29) is 17.9 Å². The molecule has 132 valence electrons. The summed E-state index contributed by atoms with van der Waals surface area (Å²) in [4.78, 5) is 20.7. The second-order valence-corrected chi connectivity index (χ2v) is 6.45. The molecular formula is C20H20N4O2. The summed E-state index contributed by atoms with van der Waals surface area (Å²) in [5.74, 6) is 0.198. The number of benzene rings is 1. The molecule has 3 aromatic rings. The average molecular weight is 348 g/mol. The van der Waals surface area contributed by atoms with Crippen LogP contribution in [-0.2, 0) is 11.2 Å². The molecule has 2 aromatic heterocycles. The van der Waals surface area contributed by atoms with Gasteiger partial charge in [0, 0.05) is 42.0 Å². The van der Waals surface area contributed by atoms with Gasteiger partial charge in [0.15, 0.2) is 0 Å². The van der Waals surface area contributed by atoms with Crippen LogP contribution >= 0.6 is 0 Å². The normalized spacial score (nSPS) is 19.4. The van der Waals surface area contributed by atoms with Crippen LogP contribution in [0.1, 0.15) is 15.9 Å². The van der Waals surface area contributed by atoms with Crippen LogP contribution in [-0.4, -0.2) is 39.7 Å². The molecule has 0 saturated carbocycles. The van der Waals surface area contributed by atoms with E-state index in [0.29, 0.717) is 18.8 Å². The molecule has 0 aliphatic carbocycles. The Morgan fingerprint density at radius 2 is 1.88 bits per heavy atom. The van der Waals surface area contributed by atoms with Gasteiger partial charge in [-0.05, 0) is 48.4 Å². The van der Waals surface area contributed by atoms with Crippen molar-refractivity contribution in [2.45, 2.75) is 12.5 Å². The molecule has 26 heavy (non-hydrogen) atoms. The van der Waals surface area contributed by atoms with Gasteiger partial charge in [0.25, 0.3) is 5.91 Å². The highest BCUT2D eigenvalue weighted by Crippen LogP contribution is 2.19. The van der Waals surface area contributed by atoms with Crippen LogP contribution < -0.4 is 5.32 Å². The first-order valence-corrected chi connectivity index (χ1v) is 8.65. The zero-order chi connectivity index (χ0) is 17.8. The third kappa shape index (κ3) is 3.65. The highest BCUT2D eigenvalue weighted by atomic mass is 16.5. The van der Waals surface area contributed by atoms with E-state index in [1.54, 1.807) is 24.9 Å². The molecule has 1 aromatic carbocycles. The van der Waals surface area contributed by atoms with Crippen molar-refractivity contribution in [3.8, 4) is 5.69 Å². The summed E-state index contributed by atoms with van der Waals surface area (Å²) in [5, 5.41) is 3.12. The Morgan fingerprint density at radius 1 is 1.08 bits per heavy atom. The van der Waals surface area contributed by atoms with Gasteiger partial charge >= 0.3 is 0 Å². The van der Waals surface area contributed by atoms with E-state index in [4.69, 9.17) is 4.74 Å². The molecule has 0 spiro atoms. The van der Waals surface area contributed by atoms with Gasteiger partial charge in [-0.3, -0.25) is 9.78 Å². The summed E-state index contributed by atoms with van der Waals surface area (Å²) in [5.41, 5.74) is 2.82. The maximum absolute atomic E-state index is 12.6. The Morgan fingerprint density at radius 3 is 2.62 bits per heavy atom. The average Bonchev–Trinajstić information content (AvgIpc) is 3.35. The third-order valence-electron chi connectivity index (χ3n) is 4.69.